The highest BCUT2D eigenvalue weighted by atomic mass is 35.5. The van der Waals surface area contributed by atoms with E-state index in [1.165, 1.54) is 0 Å². The van der Waals surface area contributed by atoms with Crippen molar-refractivity contribution < 1.29 is 4.79 Å². The van der Waals surface area contributed by atoms with Crippen LogP contribution in [-0.2, 0) is 0 Å². The fraction of sp³-hybridized carbons (Fsp3) is 0.417. The van der Waals surface area contributed by atoms with Crippen LogP contribution in [0.5, 0.6) is 0 Å². The Bertz CT molecular complexity index is 393. The number of anilines is 1. The minimum absolute atomic E-state index is 0.211. The Balaban J connectivity index is 2.47. The number of nitrogens with one attached hydrogen (secondary N) is 2. The summed E-state index contributed by atoms with van der Waals surface area (Å²) in [6.07, 6.45) is 0. The third-order valence-corrected chi connectivity index (χ3v) is 2.53. The van der Waals surface area contributed by atoms with E-state index in [9.17, 15) is 4.79 Å². The zero-order valence-electron chi connectivity index (χ0n) is 10.4. The van der Waals surface area contributed by atoms with Crippen molar-refractivity contribution in [3.63, 3.8) is 0 Å². The van der Waals surface area contributed by atoms with Gasteiger partial charge in [-0.05, 0) is 38.7 Å². The summed E-state index contributed by atoms with van der Waals surface area (Å²) in [7, 11) is 3.92. The summed E-state index contributed by atoms with van der Waals surface area (Å²) in [5.41, 5.74) is 1.72. The number of hydrogen-bond donors (Lipinski definition) is 2. The molecule has 0 radical (unpaired) electrons. The van der Waals surface area contributed by atoms with Gasteiger partial charge in [0.05, 0.1) is 0 Å². The molecule has 0 saturated heterocycles. The Morgan fingerprint density at radius 3 is 2.76 bits per heavy atom. The predicted octanol–water partition coefficient (Wildman–Crippen LogP) is 2.33. The van der Waals surface area contributed by atoms with Crippen LogP contribution in [0.15, 0.2) is 18.2 Å². The summed E-state index contributed by atoms with van der Waals surface area (Å²) < 4.78 is 0. The molecule has 1 rings (SSSR count). The Morgan fingerprint density at radius 2 is 2.12 bits per heavy atom. The summed E-state index contributed by atoms with van der Waals surface area (Å²) >= 11 is 5.87. The largest absolute Gasteiger partial charge is 0.337 e. The maximum Gasteiger partial charge on any atom is 0.319 e. The second-order valence-electron chi connectivity index (χ2n) is 4.14. The molecule has 1 aromatic rings. The number of halogens is 1. The lowest BCUT2D eigenvalue weighted by Gasteiger charge is -2.12. The first-order valence-corrected chi connectivity index (χ1v) is 5.82. The van der Waals surface area contributed by atoms with Gasteiger partial charge in [0, 0.05) is 23.8 Å². The van der Waals surface area contributed by atoms with Crippen molar-refractivity contribution in [1.29, 1.82) is 0 Å². The van der Waals surface area contributed by atoms with Gasteiger partial charge in [-0.25, -0.2) is 4.79 Å². The number of rotatable bonds is 4. The van der Waals surface area contributed by atoms with Gasteiger partial charge in [0.1, 0.15) is 0 Å². The molecule has 0 aliphatic carbocycles. The van der Waals surface area contributed by atoms with E-state index < -0.39 is 0 Å². The number of urea groups is 1. The van der Waals surface area contributed by atoms with Crippen LogP contribution in [0, 0.1) is 6.92 Å². The summed E-state index contributed by atoms with van der Waals surface area (Å²) in [5, 5.41) is 6.16. The molecule has 94 valence electrons. The van der Waals surface area contributed by atoms with Crippen molar-refractivity contribution in [2.75, 3.05) is 32.5 Å². The summed E-state index contributed by atoms with van der Waals surface area (Å²) in [5.74, 6) is 0. The molecule has 0 saturated carbocycles. The summed E-state index contributed by atoms with van der Waals surface area (Å²) in [4.78, 5) is 13.6. The van der Waals surface area contributed by atoms with Gasteiger partial charge in [-0.15, -0.1) is 0 Å². The Morgan fingerprint density at radius 1 is 1.41 bits per heavy atom. The molecule has 0 bridgehead atoms. The highest BCUT2D eigenvalue weighted by molar-refractivity contribution is 6.31. The second kappa shape index (κ2) is 6.47. The van der Waals surface area contributed by atoms with E-state index in [1.54, 1.807) is 12.1 Å². The lowest BCUT2D eigenvalue weighted by molar-refractivity contribution is 0.250. The van der Waals surface area contributed by atoms with Crippen LogP contribution in [0.2, 0.25) is 5.02 Å². The van der Waals surface area contributed by atoms with Crippen molar-refractivity contribution >= 4 is 23.3 Å². The van der Waals surface area contributed by atoms with E-state index in [1.807, 2.05) is 32.0 Å². The molecular formula is C12H18ClN3O. The van der Waals surface area contributed by atoms with E-state index in [2.05, 4.69) is 10.6 Å². The van der Waals surface area contributed by atoms with Gasteiger partial charge in [0.25, 0.3) is 0 Å². The number of hydrogen-bond acceptors (Lipinski definition) is 2. The van der Waals surface area contributed by atoms with Crippen molar-refractivity contribution in [3.05, 3.63) is 28.8 Å². The fourth-order valence-corrected chi connectivity index (χ4v) is 1.46. The lowest BCUT2D eigenvalue weighted by atomic mass is 10.2. The number of carbonyl (C=O) groups excluding carboxylic acids is 1. The molecule has 1 aromatic carbocycles. The molecule has 0 aromatic heterocycles. The Labute approximate surface area is 107 Å². The van der Waals surface area contributed by atoms with Gasteiger partial charge in [-0.3, -0.25) is 0 Å². The van der Waals surface area contributed by atoms with Crippen molar-refractivity contribution in [1.82, 2.24) is 10.2 Å². The molecule has 0 spiro atoms. The summed E-state index contributed by atoms with van der Waals surface area (Å²) in [6, 6.07) is 5.20. The van der Waals surface area contributed by atoms with Gasteiger partial charge in [-0.2, -0.15) is 0 Å². The molecule has 4 nitrogen and oxygen atoms in total. The minimum atomic E-state index is -0.211. The van der Waals surface area contributed by atoms with Gasteiger partial charge < -0.3 is 15.5 Å². The normalized spacial score (nSPS) is 10.4. The molecular weight excluding hydrogens is 238 g/mol. The number of aryl methyl sites for hydroxylation is 1. The zero-order chi connectivity index (χ0) is 12.8. The van der Waals surface area contributed by atoms with Crippen LogP contribution in [0.3, 0.4) is 0 Å². The van der Waals surface area contributed by atoms with Crippen molar-refractivity contribution in [2.24, 2.45) is 0 Å². The first-order valence-electron chi connectivity index (χ1n) is 5.45. The van der Waals surface area contributed by atoms with E-state index >= 15 is 0 Å². The van der Waals surface area contributed by atoms with E-state index in [4.69, 9.17) is 11.6 Å². The molecule has 2 N–H and O–H groups in total. The van der Waals surface area contributed by atoms with Crippen LogP contribution in [0.1, 0.15) is 5.56 Å². The molecule has 0 aliphatic heterocycles. The SMILES string of the molecule is Cc1ccc(Cl)cc1NC(=O)NCCN(C)C. The third-order valence-electron chi connectivity index (χ3n) is 2.29. The number of benzene rings is 1. The fourth-order valence-electron chi connectivity index (χ4n) is 1.29. The highest BCUT2D eigenvalue weighted by Gasteiger charge is 2.04. The van der Waals surface area contributed by atoms with Gasteiger partial charge in [0.15, 0.2) is 0 Å². The van der Waals surface area contributed by atoms with Gasteiger partial charge in [-0.1, -0.05) is 17.7 Å². The molecule has 0 aliphatic rings. The molecule has 5 heteroatoms. The molecule has 0 heterocycles. The first kappa shape index (κ1) is 13.8. The molecule has 0 atom stereocenters. The predicted molar refractivity (Wildman–Crippen MR) is 71.8 cm³/mol. The standard InChI is InChI=1S/C12H18ClN3O/c1-9-4-5-10(13)8-11(9)15-12(17)14-6-7-16(2)3/h4-5,8H,6-7H2,1-3H3,(H2,14,15,17). The lowest BCUT2D eigenvalue weighted by Crippen LogP contribution is -2.34. The van der Waals surface area contributed by atoms with Crippen LogP contribution < -0.4 is 10.6 Å². The second-order valence-corrected chi connectivity index (χ2v) is 4.58. The van der Waals surface area contributed by atoms with Gasteiger partial charge in [0.2, 0.25) is 0 Å². The smallest absolute Gasteiger partial charge is 0.319 e. The number of nitrogens with zero attached hydrogens (tertiary/aromatic N) is 1. The average molecular weight is 256 g/mol. The van der Waals surface area contributed by atoms with Crippen molar-refractivity contribution in [2.45, 2.75) is 6.92 Å². The quantitative estimate of drug-likeness (QED) is 0.867. The van der Waals surface area contributed by atoms with Crippen molar-refractivity contribution in [3.8, 4) is 0 Å². The number of amides is 2. The van der Waals surface area contributed by atoms with Crippen LogP contribution in [0.4, 0.5) is 10.5 Å². The maximum atomic E-state index is 11.6. The maximum absolute atomic E-state index is 11.6. The van der Waals surface area contributed by atoms with Crippen LogP contribution in [-0.4, -0.2) is 38.1 Å². The zero-order valence-corrected chi connectivity index (χ0v) is 11.1. The minimum Gasteiger partial charge on any atom is -0.337 e. The van der Waals surface area contributed by atoms with E-state index in [0.717, 1.165) is 17.8 Å². The van der Waals surface area contributed by atoms with E-state index in [0.29, 0.717) is 11.6 Å². The monoisotopic (exact) mass is 255 g/mol. The highest BCUT2D eigenvalue weighted by Crippen LogP contribution is 2.19. The van der Waals surface area contributed by atoms with Gasteiger partial charge >= 0.3 is 6.03 Å². The van der Waals surface area contributed by atoms with E-state index in [-0.39, 0.29) is 6.03 Å². The molecule has 17 heavy (non-hydrogen) atoms. The molecule has 2 amide bonds. The molecule has 0 unspecified atom stereocenters. The van der Waals surface area contributed by atoms with Crippen LogP contribution >= 0.6 is 11.6 Å². The number of carbonyl (C=O) groups is 1. The topological polar surface area (TPSA) is 44.4 Å². The Hall–Kier alpha value is -1.26. The number of likely N-dealkylation sites (N-methyl/N-ethyl adjacent to an activating group) is 1. The molecule has 0 fully saturated rings. The Kier molecular flexibility index (Phi) is 5.25. The summed E-state index contributed by atoms with van der Waals surface area (Å²) in [6.45, 7) is 3.34. The van der Waals surface area contributed by atoms with Crippen LogP contribution in [0.25, 0.3) is 0 Å². The third kappa shape index (κ3) is 5.06. The average Bonchev–Trinajstić information content (AvgIpc) is 2.23. The first-order chi connectivity index (χ1) is 7.99.